The second-order valence-corrected chi connectivity index (χ2v) is 5.63. The van der Waals surface area contributed by atoms with Crippen LogP contribution in [0.25, 0.3) is 0 Å². The number of hydrogen-bond acceptors (Lipinski definition) is 3. The normalized spacial score (nSPS) is 21.8. The number of nitrogens with one attached hydrogen (secondary N) is 1. The number of pyridine rings is 1. The van der Waals surface area contributed by atoms with Gasteiger partial charge in [-0.3, -0.25) is 14.4 Å². The van der Waals surface area contributed by atoms with E-state index in [1.54, 1.807) is 19.3 Å². The summed E-state index contributed by atoms with van der Waals surface area (Å²) in [6.45, 7) is 0.528. The maximum atomic E-state index is 12.0. The Morgan fingerprint density at radius 3 is 2.57 bits per heavy atom. The first kappa shape index (κ1) is 15.3. The van der Waals surface area contributed by atoms with E-state index in [0.717, 1.165) is 12.8 Å². The van der Waals surface area contributed by atoms with Crippen LogP contribution < -0.4 is 10.9 Å². The van der Waals surface area contributed by atoms with Gasteiger partial charge in [-0.2, -0.15) is 0 Å². The van der Waals surface area contributed by atoms with Crippen molar-refractivity contribution in [3.63, 3.8) is 0 Å². The lowest BCUT2D eigenvalue weighted by Gasteiger charge is -2.26. The minimum absolute atomic E-state index is 0.218. The van der Waals surface area contributed by atoms with Crippen LogP contribution in [0.5, 0.6) is 0 Å². The highest BCUT2D eigenvalue weighted by Crippen LogP contribution is 2.28. The van der Waals surface area contributed by atoms with Crippen LogP contribution in [-0.4, -0.2) is 28.1 Å². The summed E-state index contributed by atoms with van der Waals surface area (Å²) in [7, 11) is 1.63. The third-order valence-electron chi connectivity index (χ3n) is 4.11. The number of carboxylic acids is 1. The zero-order valence-corrected chi connectivity index (χ0v) is 12.0. The van der Waals surface area contributed by atoms with E-state index in [-0.39, 0.29) is 17.4 Å². The van der Waals surface area contributed by atoms with Crippen molar-refractivity contribution < 1.29 is 14.7 Å². The fraction of sp³-hybridized carbons (Fsp3) is 0.533. The molecule has 0 saturated heterocycles. The fourth-order valence-corrected chi connectivity index (χ4v) is 2.64. The van der Waals surface area contributed by atoms with Gasteiger partial charge >= 0.3 is 5.97 Å². The molecule has 0 bridgehead atoms. The summed E-state index contributed by atoms with van der Waals surface area (Å²) in [4.78, 5) is 34.3. The molecule has 0 aromatic carbocycles. The molecular formula is C15H20N2O4. The number of carboxylic acid groups (broad SMARTS) is 1. The lowest BCUT2D eigenvalue weighted by atomic mass is 9.82. The number of rotatable bonds is 4. The van der Waals surface area contributed by atoms with E-state index < -0.39 is 5.97 Å². The first-order chi connectivity index (χ1) is 9.97. The van der Waals surface area contributed by atoms with Crippen LogP contribution in [0.3, 0.4) is 0 Å². The van der Waals surface area contributed by atoms with Gasteiger partial charge in [0.15, 0.2) is 0 Å². The van der Waals surface area contributed by atoms with Gasteiger partial charge in [-0.25, -0.2) is 0 Å². The summed E-state index contributed by atoms with van der Waals surface area (Å²) in [6, 6.07) is 2.93. The van der Waals surface area contributed by atoms with E-state index in [1.165, 1.54) is 10.6 Å². The Bertz CT molecular complexity index is 586. The van der Waals surface area contributed by atoms with Gasteiger partial charge in [-0.1, -0.05) is 0 Å². The maximum Gasteiger partial charge on any atom is 0.306 e. The number of hydrogen-bond donors (Lipinski definition) is 2. The number of carbonyl (C=O) groups is 2. The Labute approximate surface area is 122 Å². The third-order valence-corrected chi connectivity index (χ3v) is 4.11. The second kappa shape index (κ2) is 6.56. The Kier molecular flexibility index (Phi) is 4.77. The van der Waals surface area contributed by atoms with Gasteiger partial charge in [0.05, 0.1) is 5.92 Å². The molecule has 114 valence electrons. The predicted octanol–water partition coefficient (Wildman–Crippen LogP) is 1.01. The monoisotopic (exact) mass is 292 g/mol. The number of nitrogens with zero attached hydrogens (tertiary/aromatic N) is 1. The van der Waals surface area contributed by atoms with Crippen LogP contribution in [0, 0.1) is 11.8 Å². The van der Waals surface area contributed by atoms with E-state index in [2.05, 4.69) is 5.32 Å². The highest BCUT2D eigenvalue weighted by molar-refractivity contribution is 5.93. The Morgan fingerprint density at radius 2 is 2.00 bits per heavy atom. The zero-order chi connectivity index (χ0) is 15.4. The SMILES string of the molecule is Cn1ccc(C(=O)NCC2CCC(C(=O)O)CC2)cc1=O. The number of carbonyl (C=O) groups excluding carboxylic acids is 1. The van der Waals surface area contributed by atoms with Gasteiger partial charge in [0, 0.05) is 31.4 Å². The molecule has 0 unspecified atom stereocenters. The van der Waals surface area contributed by atoms with Crippen LogP contribution >= 0.6 is 0 Å². The van der Waals surface area contributed by atoms with Crippen LogP contribution in [-0.2, 0) is 11.8 Å². The van der Waals surface area contributed by atoms with Gasteiger partial charge in [0.25, 0.3) is 11.5 Å². The topological polar surface area (TPSA) is 88.4 Å². The predicted molar refractivity (Wildman–Crippen MR) is 77.1 cm³/mol. The van der Waals surface area contributed by atoms with E-state index in [4.69, 9.17) is 5.11 Å². The highest BCUT2D eigenvalue weighted by atomic mass is 16.4. The first-order valence-corrected chi connectivity index (χ1v) is 7.15. The fourth-order valence-electron chi connectivity index (χ4n) is 2.64. The molecule has 1 aliphatic rings. The van der Waals surface area contributed by atoms with Crippen LogP contribution in [0.4, 0.5) is 0 Å². The Morgan fingerprint density at radius 1 is 1.33 bits per heavy atom. The average Bonchev–Trinajstić information content (AvgIpc) is 2.48. The molecule has 0 atom stereocenters. The summed E-state index contributed by atoms with van der Waals surface area (Å²) in [5.41, 5.74) is 0.141. The summed E-state index contributed by atoms with van der Waals surface area (Å²) in [5.74, 6) is -0.907. The number of aromatic nitrogens is 1. The van der Waals surface area contributed by atoms with Crippen molar-refractivity contribution in [1.82, 2.24) is 9.88 Å². The zero-order valence-electron chi connectivity index (χ0n) is 12.0. The lowest BCUT2D eigenvalue weighted by molar-refractivity contribution is -0.143. The summed E-state index contributed by atoms with van der Waals surface area (Å²) in [6.07, 6.45) is 4.53. The molecule has 1 fully saturated rings. The molecule has 1 aliphatic carbocycles. The molecular weight excluding hydrogens is 272 g/mol. The van der Waals surface area contributed by atoms with E-state index in [9.17, 15) is 14.4 Å². The van der Waals surface area contributed by atoms with Gasteiger partial charge < -0.3 is 15.0 Å². The molecule has 0 aliphatic heterocycles. The van der Waals surface area contributed by atoms with Crippen LogP contribution in [0.1, 0.15) is 36.0 Å². The number of aryl methyl sites for hydroxylation is 1. The van der Waals surface area contributed by atoms with Crippen molar-refractivity contribution in [1.29, 1.82) is 0 Å². The molecule has 1 heterocycles. The Balaban J connectivity index is 1.83. The Hall–Kier alpha value is -2.11. The molecule has 6 heteroatoms. The van der Waals surface area contributed by atoms with E-state index in [1.807, 2.05) is 0 Å². The first-order valence-electron chi connectivity index (χ1n) is 7.15. The molecule has 0 radical (unpaired) electrons. The van der Waals surface area contributed by atoms with Crippen molar-refractivity contribution in [2.45, 2.75) is 25.7 Å². The van der Waals surface area contributed by atoms with Crippen molar-refractivity contribution in [2.24, 2.45) is 18.9 Å². The summed E-state index contributed by atoms with van der Waals surface area (Å²) in [5, 5.41) is 11.8. The summed E-state index contributed by atoms with van der Waals surface area (Å²) < 4.78 is 1.41. The molecule has 2 rings (SSSR count). The van der Waals surface area contributed by atoms with Crippen LogP contribution in [0.2, 0.25) is 0 Å². The van der Waals surface area contributed by atoms with Gasteiger partial charge in [0.1, 0.15) is 0 Å². The minimum atomic E-state index is -0.724. The van der Waals surface area contributed by atoms with Gasteiger partial charge in [0.2, 0.25) is 0 Å². The highest BCUT2D eigenvalue weighted by Gasteiger charge is 2.26. The lowest BCUT2D eigenvalue weighted by Crippen LogP contribution is -2.33. The average molecular weight is 292 g/mol. The van der Waals surface area contributed by atoms with E-state index in [0.29, 0.717) is 30.9 Å². The molecule has 6 nitrogen and oxygen atoms in total. The molecule has 21 heavy (non-hydrogen) atoms. The second-order valence-electron chi connectivity index (χ2n) is 5.63. The molecule has 1 aromatic heterocycles. The quantitative estimate of drug-likeness (QED) is 0.866. The van der Waals surface area contributed by atoms with Crippen LogP contribution in [0.15, 0.2) is 23.1 Å². The molecule has 1 saturated carbocycles. The molecule has 1 amide bonds. The molecule has 0 spiro atoms. The summed E-state index contributed by atoms with van der Waals surface area (Å²) >= 11 is 0. The number of amides is 1. The maximum absolute atomic E-state index is 12.0. The van der Waals surface area contributed by atoms with Crippen molar-refractivity contribution >= 4 is 11.9 Å². The van der Waals surface area contributed by atoms with Crippen molar-refractivity contribution in [3.05, 3.63) is 34.2 Å². The smallest absolute Gasteiger partial charge is 0.306 e. The third kappa shape index (κ3) is 3.93. The van der Waals surface area contributed by atoms with Crippen molar-refractivity contribution in [2.75, 3.05) is 6.54 Å². The molecule has 2 N–H and O–H groups in total. The van der Waals surface area contributed by atoms with E-state index >= 15 is 0 Å². The van der Waals surface area contributed by atoms with Gasteiger partial charge in [-0.15, -0.1) is 0 Å². The largest absolute Gasteiger partial charge is 0.481 e. The van der Waals surface area contributed by atoms with Gasteiger partial charge in [-0.05, 0) is 37.7 Å². The van der Waals surface area contributed by atoms with Crippen molar-refractivity contribution in [3.8, 4) is 0 Å². The molecule has 1 aromatic rings. The number of aliphatic carboxylic acids is 1. The standard InChI is InChI=1S/C15H20N2O4/c1-17-7-6-12(8-13(17)18)14(19)16-9-10-2-4-11(5-3-10)15(20)21/h6-8,10-11H,2-5,9H2,1H3,(H,16,19)(H,20,21). The minimum Gasteiger partial charge on any atom is -0.481 e.